The summed E-state index contributed by atoms with van der Waals surface area (Å²) in [5.41, 5.74) is 7.17. The number of alkyl halides is 3. The lowest BCUT2D eigenvalue weighted by atomic mass is 10.1. The molecule has 0 saturated carbocycles. The summed E-state index contributed by atoms with van der Waals surface area (Å²) < 4.78 is 36.9. The van der Waals surface area contributed by atoms with Gasteiger partial charge < -0.3 is 10.6 Å². The van der Waals surface area contributed by atoms with Gasteiger partial charge in [-0.15, -0.1) is 0 Å². The average molecular weight is 283 g/mol. The van der Waals surface area contributed by atoms with Crippen LogP contribution < -0.4 is 10.6 Å². The number of fused-ring (bicyclic) bond motifs is 1. The Morgan fingerprint density at radius 2 is 1.95 bits per heavy atom. The molecule has 3 nitrogen and oxygen atoms in total. The van der Waals surface area contributed by atoms with Gasteiger partial charge in [-0.1, -0.05) is 18.2 Å². The van der Waals surface area contributed by atoms with E-state index in [1.807, 2.05) is 30.3 Å². The van der Waals surface area contributed by atoms with Crippen LogP contribution in [0.15, 0.2) is 30.3 Å². The lowest BCUT2D eigenvalue weighted by molar-refractivity contribution is -0.132. The fourth-order valence-electron chi connectivity index (χ4n) is 2.03. The molecule has 1 aromatic carbocycles. The summed E-state index contributed by atoms with van der Waals surface area (Å²) in [4.78, 5) is 5.93. The molecule has 0 atom stereocenters. The second-order valence-corrected chi connectivity index (χ2v) is 4.65. The Bertz CT molecular complexity index is 596. The van der Waals surface area contributed by atoms with E-state index >= 15 is 0 Å². The number of nitrogens with two attached hydrogens (primary N) is 1. The maximum Gasteiger partial charge on any atom is 0.390 e. The van der Waals surface area contributed by atoms with Gasteiger partial charge in [-0.2, -0.15) is 13.2 Å². The van der Waals surface area contributed by atoms with Gasteiger partial charge in [-0.25, -0.2) is 4.98 Å². The van der Waals surface area contributed by atoms with Crippen molar-refractivity contribution in [1.82, 2.24) is 4.98 Å². The number of halogens is 3. The maximum absolute atomic E-state index is 12.3. The first-order chi connectivity index (χ1) is 9.40. The second kappa shape index (κ2) is 5.66. The summed E-state index contributed by atoms with van der Waals surface area (Å²) in [5, 5.41) is 0.931. The van der Waals surface area contributed by atoms with E-state index < -0.39 is 12.6 Å². The first-order valence-electron chi connectivity index (χ1n) is 6.27. The van der Waals surface area contributed by atoms with E-state index in [9.17, 15) is 13.2 Å². The van der Waals surface area contributed by atoms with Crippen LogP contribution in [-0.2, 0) is 6.54 Å². The van der Waals surface area contributed by atoms with E-state index in [0.717, 1.165) is 16.5 Å². The van der Waals surface area contributed by atoms with Crippen molar-refractivity contribution in [1.29, 1.82) is 0 Å². The molecule has 1 heterocycles. The maximum atomic E-state index is 12.3. The van der Waals surface area contributed by atoms with E-state index in [2.05, 4.69) is 4.98 Å². The molecular formula is C14H16F3N3. The van der Waals surface area contributed by atoms with Crippen molar-refractivity contribution >= 4 is 16.7 Å². The number of hydrogen-bond donors (Lipinski definition) is 1. The molecule has 1 aromatic heterocycles. The average Bonchev–Trinajstić information content (AvgIpc) is 2.42. The smallest absolute Gasteiger partial charge is 0.359 e. The molecular weight excluding hydrogens is 267 g/mol. The predicted molar refractivity (Wildman–Crippen MR) is 73.6 cm³/mol. The number of rotatable bonds is 4. The highest BCUT2D eigenvalue weighted by Gasteiger charge is 2.27. The third-order valence-corrected chi connectivity index (χ3v) is 3.09. The summed E-state index contributed by atoms with van der Waals surface area (Å²) in [7, 11) is 1.60. The minimum absolute atomic E-state index is 0.137. The molecule has 0 fully saturated rings. The Balaban J connectivity index is 2.31. The van der Waals surface area contributed by atoms with Gasteiger partial charge >= 0.3 is 6.18 Å². The Kier molecular flexibility index (Phi) is 4.13. The number of anilines is 1. The number of hydrogen-bond acceptors (Lipinski definition) is 3. The molecule has 2 rings (SSSR count). The molecule has 0 bridgehead atoms. The molecule has 108 valence electrons. The van der Waals surface area contributed by atoms with Crippen molar-refractivity contribution in [2.45, 2.75) is 19.1 Å². The van der Waals surface area contributed by atoms with Gasteiger partial charge in [-0.05, 0) is 12.1 Å². The van der Waals surface area contributed by atoms with Crippen LogP contribution in [0, 0.1) is 0 Å². The topological polar surface area (TPSA) is 42.2 Å². The predicted octanol–water partition coefficient (Wildman–Crippen LogP) is 3.08. The molecule has 0 amide bonds. The van der Waals surface area contributed by atoms with Gasteiger partial charge in [0.2, 0.25) is 0 Å². The zero-order valence-electron chi connectivity index (χ0n) is 11.1. The van der Waals surface area contributed by atoms with Crippen molar-refractivity contribution in [3.05, 3.63) is 35.9 Å². The van der Waals surface area contributed by atoms with Crippen LogP contribution in [0.5, 0.6) is 0 Å². The summed E-state index contributed by atoms with van der Waals surface area (Å²) in [6, 6.07) is 9.34. The van der Waals surface area contributed by atoms with Crippen molar-refractivity contribution < 1.29 is 13.2 Å². The van der Waals surface area contributed by atoms with Crippen molar-refractivity contribution in [3.8, 4) is 0 Å². The SMILES string of the molecule is CN(CCC(F)(F)F)c1nc2ccccc2cc1CN. The van der Waals surface area contributed by atoms with Crippen LogP contribution in [0.1, 0.15) is 12.0 Å². The molecule has 0 aliphatic rings. The van der Waals surface area contributed by atoms with Crippen LogP contribution in [0.2, 0.25) is 0 Å². The molecule has 0 unspecified atom stereocenters. The van der Waals surface area contributed by atoms with Crippen LogP contribution >= 0.6 is 0 Å². The highest BCUT2D eigenvalue weighted by Crippen LogP contribution is 2.25. The minimum Gasteiger partial charge on any atom is -0.359 e. The highest BCUT2D eigenvalue weighted by molar-refractivity contribution is 5.81. The molecule has 2 N–H and O–H groups in total. The van der Waals surface area contributed by atoms with Crippen LogP contribution in [0.4, 0.5) is 19.0 Å². The first kappa shape index (κ1) is 14.6. The Labute approximate surface area is 115 Å². The summed E-state index contributed by atoms with van der Waals surface area (Å²) in [5.74, 6) is 0.510. The van der Waals surface area contributed by atoms with Gasteiger partial charge in [0.25, 0.3) is 0 Å². The van der Waals surface area contributed by atoms with Crippen molar-refractivity contribution in [3.63, 3.8) is 0 Å². The second-order valence-electron chi connectivity index (χ2n) is 4.65. The lowest BCUT2D eigenvalue weighted by Crippen LogP contribution is -2.26. The summed E-state index contributed by atoms with van der Waals surface area (Å²) in [6.45, 7) is 0.103. The number of nitrogens with zero attached hydrogens (tertiary/aromatic N) is 2. The van der Waals surface area contributed by atoms with Crippen LogP contribution in [0.3, 0.4) is 0 Å². The summed E-state index contributed by atoms with van der Waals surface area (Å²) >= 11 is 0. The van der Waals surface area contributed by atoms with Crippen LogP contribution in [0.25, 0.3) is 10.9 Å². The Morgan fingerprint density at radius 1 is 1.25 bits per heavy atom. The quantitative estimate of drug-likeness (QED) is 0.937. The molecule has 0 radical (unpaired) electrons. The number of aromatic nitrogens is 1. The zero-order chi connectivity index (χ0) is 14.8. The number of para-hydroxylation sites is 1. The van der Waals surface area contributed by atoms with Gasteiger partial charge in [0, 0.05) is 31.1 Å². The fourth-order valence-corrected chi connectivity index (χ4v) is 2.03. The molecule has 0 spiro atoms. The molecule has 0 aliphatic heterocycles. The third kappa shape index (κ3) is 3.39. The fraction of sp³-hybridized carbons (Fsp3) is 0.357. The first-order valence-corrected chi connectivity index (χ1v) is 6.27. The Morgan fingerprint density at radius 3 is 2.60 bits per heavy atom. The van der Waals surface area contributed by atoms with Crippen LogP contribution in [-0.4, -0.2) is 24.8 Å². The summed E-state index contributed by atoms with van der Waals surface area (Å²) in [6.07, 6.45) is -5.05. The van der Waals surface area contributed by atoms with E-state index in [1.165, 1.54) is 4.90 Å². The highest BCUT2D eigenvalue weighted by atomic mass is 19.4. The van der Waals surface area contributed by atoms with Crippen molar-refractivity contribution in [2.24, 2.45) is 5.73 Å². The van der Waals surface area contributed by atoms with E-state index in [0.29, 0.717) is 5.82 Å². The third-order valence-electron chi connectivity index (χ3n) is 3.09. The van der Waals surface area contributed by atoms with Gasteiger partial charge in [0.05, 0.1) is 11.9 Å². The standard InChI is InChI=1S/C14H16F3N3/c1-20(7-6-14(15,16)17)13-11(9-18)8-10-4-2-3-5-12(10)19-13/h2-5,8H,6-7,9,18H2,1H3. The van der Waals surface area contributed by atoms with Gasteiger partial charge in [0.1, 0.15) is 5.82 Å². The van der Waals surface area contributed by atoms with E-state index in [4.69, 9.17) is 5.73 Å². The Hall–Kier alpha value is -1.82. The molecule has 0 aliphatic carbocycles. The van der Waals surface area contributed by atoms with Gasteiger partial charge in [-0.3, -0.25) is 0 Å². The van der Waals surface area contributed by atoms with E-state index in [1.54, 1.807) is 7.05 Å². The van der Waals surface area contributed by atoms with Gasteiger partial charge in [0.15, 0.2) is 0 Å². The minimum atomic E-state index is -4.17. The number of pyridine rings is 1. The van der Waals surface area contributed by atoms with Crippen molar-refractivity contribution in [2.75, 3.05) is 18.5 Å². The molecule has 2 aromatic rings. The van der Waals surface area contributed by atoms with E-state index in [-0.39, 0.29) is 13.1 Å². The largest absolute Gasteiger partial charge is 0.390 e. The monoisotopic (exact) mass is 283 g/mol. The molecule has 20 heavy (non-hydrogen) atoms. The number of benzene rings is 1. The normalized spacial score (nSPS) is 11.8. The molecule has 0 saturated heterocycles. The lowest BCUT2D eigenvalue weighted by Gasteiger charge is -2.22. The molecule has 6 heteroatoms. The zero-order valence-corrected chi connectivity index (χ0v) is 11.1.